The van der Waals surface area contributed by atoms with Gasteiger partial charge in [-0.05, 0) is 35.2 Å². The van der Waals surface area contributed by atoms with Crippen LogP contribution >= 0.6 is 0 Å². The summed E-state index contributed by atoms with van der Waals surface area (Å²) in [5, 5.41) is 9.10. The van der Waals surface area contributed by atoms with Crippen LogP contribution in [0.3, 0.4) is 0 Å². The molecule has 0 saturated carbocycles. The molecular weight excluding hydrogens is 257 g/mol. The SMILES string of the molecule is NC[C@H](Cc1ccccc1-c1ccc(F)cc1)C(=O)O. The summed E-state index contributed by atoms with van der Waals surface area (Å²) in [5.74, 6) is -1.81. The molecule has 0 fully saturated rings. The summed E-state index contributed by atoms with van der Waals surface area (Å²) in [4.78, 5) is 11.1. The van der Waals surface area contributed by atoms with Crippen LogP contribution in [0.1, 0.15) is 5.56 Å². The Hall–Kier alpha value is -2.20. The normalized spacial score (nSPS) is 12.1. The highest BCUT2D eigenvalue weighted by atomic mass is 19.1. The Morgan fingerprint density at radius 1 is 1.15 bits per heavy atom. The summed E-state index contributed by atoms with van der Waals surface area (Å²) >= 11 is 0. The fraction of sp³-hybridized carbons (Fsp3) is 0.188. The molecule has 0 bridgehead atoms. The van der Waals surface area contributed by atoms with Crippen molar-refractivity contribution in [2.45, 2.75) is 6.42 Å². The smallest absolute Gasteiger partial charge is 0.308 e. The Bertz CT molecular complexity index is 596. The van der Waals surface area contributed by atoms with E-state index in [0.717, 1.165) is 16.7 Å². The third-order valence-electron chi connectivity index (χ3n) is 3.27. The van der Waals surface area contributed by atoms with Gasteiger partial charge in [-0.15, -0.1) is 0 Å². The molecule has 3 nitrogen and oxygen atoms in total. The van der Waals surface area contributed by atoms with Crippen LogP contribution in [0, 0.1) is 11.7 Å². The topological polar surface area (TPSA) is 63.3 Å². The maximum Gasteiger partial charge on any atom is 0.308 e. The van der Waals surface area contributed by atoms with Gasteiger partial charge in [-0.25, -0.2) is 4.39 Å². The van der Waals surface area contributed by atoms with Gasteiger partial charge in [-0.2, -0.15) is 0 Å². The van der Waals surface area contributed by atoms with Crippen LogP contribution in [0.4, 0.5) is 4.39 Å². The molecule has 0 aromatic heterocycles. The van der Waals surface area contributed by atoms with E-state index in [-0.39, 0.29) is 12.4 Å². The van der Waals surface area contributed by atoms with Crippen molar-refractivity contribution in [3.8, 4) is 11.1 Å². The fourth-order valence-electron chi connectivity index (χ4n) is 2.15. The Balaban J connectivity index is 2.35. The molecule has 20 heavy (non-hydrogen) atoms. The molecule has 4 heteroatoms. The van der Waals surface area contributed by atoms with Crippen LogP contribution in [0.25, 0.3) is 11.1 Å². The van der Waals surface area contributed by atoms with E-state index in [9.17, 15) is 9.18 Å². The van der Waals surface area contributed by atoms with Crippen molar-refractivity contribution >= 4 is 5.97 Å². The van der Waals surface area contributed by atoms with Crippen molar-refractivity contribution in [2.24, 2.45) is 11.7 Å². The first-order valence-electron chi connectivity index (χ1n) is 6.38. The van der Waals surface area contributed by atoms with Crippen LogP contribution in [-0.2, 0) is 11.2 Å². The number of rotatable bonds is 5. The molecule has 0 aliphatic heterocycles. The largest absolute Gasteiger partial charge is 0.481 e. The van der Waals surface area contributed by atoms with Gasteiger partial charge in [-0.1, -0.05) is 36.4 Å². The lowest BCUT2D eigenvalue weighted by Crippen LogP contribution is -2.25. The van der Waals surface area contributed by atoms with Crippen molar-refractivity contribution in [1.82, 2.24) is 0 Å². The number of hydrogen-bond donors (Lipinski definition) is 2. The van der Waals surface area contributed by atoms with Gasteiger partial charge in [0, 0.05) is 6.54 Å². The highest BCUT2D eigenvalue weighted by molar-refractivity contribution is 5.73. The number of carboxylic acid groups (broad SMARTS) is 1. The molecule has 2 rings (SSSR count). The number of carbonyl (C=O) groups is 1. The van der Waals surface area contributed by atoms with E-state index in [4.69, 9.17) is 10.8 Å². The molecule has 0 amide bonds. The molecule has 0 aliphatic rings. The minimum absolute atomic E-state index is 0.0904. The quantitative estimate of drug-likeness (QED) is 0.880. The maximum absolute atomic E-state index is 13.0. The van der Waals surface area contributed by atoms with Gasteiger partial charge >= 0.3 is 5.97 Å². The predicted molar refractivity (Wildman–Crippen MR) is 75.7 cm³/mol. The zero-order valence-electron chi connectivity index (χ0n) is 10.9. The lowest BCUT2D eigenvalue weighted by Gasteiger charge is -2.14. The number of hydrogen-bond acceptors (Lipinski definition) is 2. The summed E-state index contributed by atoms with van der Waals surface area (Å²) < 4.78 is 13.0. The van der Waals surface area contributed by atoms with Crippen LogP contribution in [0.5, 0.6) is 0 Å². The number of aliphatic carboxylic acids is 1. The standard InChI is InChI=1S/C16H16FNO2/c17-14-7-5-11(6-8-14)15-4-2-1-3-12(15)9-13(10-18)16(19)20/h1-8,13H,9-10,18H2,(H,19,20)/t13-/m0/s1. The first-order chi connectivity index (χ1) is 9.61. The fourth-order valence-corrected chi connectivity index (χ4v) is 2.15. The van der Waals surface area contributed by atoms with Crippen molar-refractivity contribution in [3.63, 3.8) is 0 Å². The van der Waals surface area contributed by atoms with E-state index in [0.29, 0.717) is 6.42 Å². The van der Waals surface area contributed by atoms with E-state index < -0.39 is 11.9 Å². The predicted octanol–water partition coefficient (Wildman–Crippen LogP) is 2.69. The highest BCUT2D eigenvalue weighted by Crippen LogP contribution is 2.25. The lowest BCUT2D eigenvalue weighted by molar-refractivity contribution is -0.141. The van der Waals surface area contributed by atoms with Gasteiger partial charge in [-0.3, -0.25) is 4.79 Å². The second-order valence-electron chi connectivity index (χ2n) is 4.64. The third kappa shape index (κ3) is 3.22. The van der Waals surface area contributed by atoms with E-state index >= 15 is 0 Å². The second kappa shape index (κ2) is 6.30. The molecular formula is C16H16FNO2. The molecule has 0 spiro atoms. The second-order valence-corrected chi connectivity index (χ2v) is 4.64. The van der Waals surface area contributed by atoms with Crippen LogP contribution in [0.15, 0.2) is 48.5 Å². The molecule has 104 valence electrons. The number of nitrogens with two attached hydrogens (primary N) is 1. The Kier molecular flexibility index (Phi) is 4.48. The third-order valence-corrected chi connectivity index (χ3v) is 3.27. The molecule has 2 aromatic carbocycles. The summed E-state index contributed by atoms with van der Waals surface area (Å²) in [6.07, 6.45) is 0.360. The molecule has 0 aliphatic carbocycles. The molecule has 0 heterocycles. The molecule has 0 unspecified atom stereocenters. The molecule has 3 N–H and O–H groups in total. The van der Waals surface area contributed by atoms with Crippen LogP contribution in [0.2, 0.25) is 0 Å². The van der Waals surface area contributed by atoms with Gasteiger partial charge in [0.15, 0.2) is 0 Å². The van der Waals surface area contributed by atoms with Crippen LogP contribution < -0.4 is 5.73 Å². The Labute approximate surface area is 116 Å². The van der Waals surface area contributed by atoms with Gasteiger partial charge in [0.1, 0.15) is 5.82 Å². The Morgan fingerprint density at radius 2 is 1.80 bits per heavy atom. The van der Waals surface area contributed by atoms with E-state index in [1.54, 1.807) is 12.1 Å². The molecule has 0 radical (unpaired) electrons. The van der Waals surface area contributed by atoms with Gasteiger partial charge < -0.3 is 10.8 Å². The monoisotopic (exact) mass is 273 g/mol. The molecule has 1 atom stereocenters. The van der Waals surface area contributed by atoms with Gasteiger partial charge in [0.25, 0.3) is 0 Å². The minimum atomic E-state index is -0.901. The average Bonchev–Trinajstić information content (AvgIpc) is 2.46. The van der Waals surface area contributed by atoms with Crippen molar-refractivity contribution in [3.05, 3.63) is 59.9 Å². The van der Waals surface area contributed by atoms with Crippen molar-refractivity contribution in [2.75, 3.05) is 6.54 Å². The lowest BCUT2D eigenvalue weighted by atomic mass is 9.92. The minimum Gasteiger partial charge on any atom is -0.481 e. The van der Waals surface area contributed by atoms with E-state index in [2.05, 4.69) is 0 Å². The number of halogens is 1. The highest BCUT2D eigenvalue weighted by Gasteiger charge is 2.17. The molecule has 0 saturated heterocycles. The number of carboxylic acids is 1. The maximum atomic E-state index is 13.0. The first kappa shape index (κ1) is 14.2. The average molecular weight is 273 g/mol. The van der Waals surface area contributed by atoms with Crippen LogP contribution in [-0.4, -0.2) is 17.6 Å². The van der Waals surface area contributed by atoms with E-state index in [1.807, 2.05) is 24.3 Å². The van der Waals surface area contributed by atoms with Gasteiger partial charge in [0.05, 0.1) is 5.92 Å². The van der Waals surface area contributed by atoms with Gasteiger partial charge in [0.2, 0.25) is 0 Å². The first-order valence-corrected chi connectivity index (χ1v) is 6.38. The van der Waals surface area contributed by atoms with Crippen molar-refractivity contribution in [1.29, 1.82) is 0 Å². The zero-order chi connectivity index (χ0) is 14.5. The summed E-state index contributed by atoms with van der Waals surface area (Å²) in [5.41, 5.74) is 8.17. The summed E-state index contributed by atoms with van der Waals surface area (Å²) in [6, 6.07) is 13.7. The van der Waals surface area contributed by atoms with Crippen molar-refractivity contribution < 1.29 is 14.3 Å². The number of benzene rings is 2. The summed E-state index contributed by atoms with van der Waals surface area (Å²) in [6.45, 7) is 0.0904. The van der Waals surface area contributed by atoms with E-state index in [1.165, 1.54) is 12.1 Å². The molecule has 2 aromatic rings. The zero-order valence-corrected chi connectivity index (χ0v) is 10.9. The summed E-state index contributed by atoms with van der Waals surface area (Å²) in [7, 11) is 0. The Morgan fingerprint density at radius 3 is 2.40 bits per heavy atom.